The number of phenolic OH excluding ortho intramolecular Hbond substituents is 1. The first kappa shape index (κ1) is 19.3. The lowest BCUT2D eigenvalue weighted by atomic mass is 10.2. The van der Waals surface area contributed by atoms with E-state index < -0.39 is 0 Å². The Kier molecular flexibility index (Phi) is 6.03. The molecule has 8 heteroatoms. The second-order valence-corrected chi connectivity index (χ2v) is 7.20. The number of hydrogen-bond acceptors (Lipinski definition) is 5. The van der Waals surface area contributed by atoms with E-state index in [0.29, 0.717) is 28.2 Å². The van der Waals surface area contributed by atoms with E-state index in [1.165, 1.54) is 11.8 Å². The summed E-state index contributed by atoms with van der Waals surface area (Å²) in [4.78, 5) is 12.3. The van der Waals surface area contributed by atoms with Crippen molar-refractivity contribution in [3.05, 3.63) is 53.1 Å². The van der Waals surface area contributed by atoms with Crippen LogP contribution in [0.1, 0.15) is 12.5 Å². The zero-order valence-electron chi connectivity index (χ0n) is 14.9. The molecule has 0 atom stereocenters. The van der Waals surface area contributed by atoms with Crippen LogP contribution in [0.5, 0.6) is 5.75 Å². The molecule has 1 heterocycles. The fourth-order valence-corrected chi connectivity index (χ4v) is 3.54. The summed E-state index contributed by atoms with van der Waals surface area (Å²) in [6.45, 7) is 4.52. The minimum absolute atomic E-state index is 0.137. The summed E-state index contributed by atoms with van der Waals surface area (Å²) in [6.07, 6.45) is 0. The summed E-state index contributed by atoms with van der Waals surface area (Å²) >= 11 is 7.41. The van der Waals surface area contributed by atoms with Gasteiger partial charge in [0.25, 0.3) is 0 Å². The lowest BCUT2D eigenvalue weighted by Gasteiger charge is -2.10. The standard InChI is InChI=1S/C19H19ClN4O2S/c1-3-24-18(13-7-9-14(25)10-8-13)22-23-19(24)27-11-17(26)21-16-6-4-5-15(20)12(16)2/h4-10,25H,3,11H2,1-2H3,(H,21,26). The van der Waals surface area contributed by atoms with Gasteiger partial charge in [-0.1, -0.05) is 29.4 Å². The SMILES string of the molecule is CCn1c(SCC(=O)Nc2cccc(Cl)c2C)nnc1-c1ccc(O)cc1. The van der Waals surface area contributed by atoms with Crippen molar-refractivity contribution in [1.29, 1.82) is 0 Å². The van der Waals surface area contributed by atoms with Gasteiger partial charge in [-0.3, -0.25) is 4.79 Å². The van der Waals surface area contributed by atoms with Gasteiger partial charge in [0, 0.05) is 22.8 Å². The van der Waals surface area contributed by atoms with Gasteiger partial charge >= 0.3 is 0 Å². The van der Waals surface area contributed by atoms with Crippen LogP contribution in [0.25, 0.3) is 11.4 Å². The normalized spacial score (nSPS) is 10.8. The highest BCUT2D eigenvalue weighted by Crippen LogP contribution is 2.26. The van der Waals surface area contributed by atoms with Gasteiger partial charge in [-0.25, -0.2) is 0 Å². The van der Waals surface area contributed by atoms with Crippen LogP contribution >= 0.6 is 23.4 Å². The van der Waals surface area contributed by atoms with Crippen LogP contribution in [-0.2, 0) is 11.3 Å². The number of hydrogen-bond donors (Lipinski definition) is 2. The molecule has 1 amide bonds. The van der Waals surface area contributed by atoms with Gasteiger partial charge < -0.3 is 15.0 Å². The average Bonchev–Trinajstić information content (AvgIpc) is 3.07. The fraction of sp³-hybridized carbons (Fsp3) is 0.211. The van der Waals surface area contributed by atoms with Crippen LogP contribution in [0, 0.1) is 6.92 Å². The molecule has 0 spiro atoms. The molecule has 0 aliphatic rings. The average molecular weight is 403 g/mol. The minimum atomic E-state index is -0.137. The molecule has 0 aliphatic heterocycles. The number of aromatic nitrogens is 3. The Morgan fingerprint density at radius 1 is 1.22 bits per heavy atom. The summed E-state index contributed by atoms with van der Waals surface area (Å²) in [5.74, 6) is 0.969. The second-order valence-electron chi connectivity index (χ2n) is 5.85. The Bertz CT molecular complexity index is 957. The third-order valence-corrected chi connectivity index (χ3v) is 5.41. The number of thioether (sulfide) groups is 1. The predicted molar refractivity (Wildman–Crippen MR) is 108 cm³/mol. The molecular weight excluding hydrogens is 384 g/mol. The van der Waals surface area contributed by atoms with Crippen molar-refractivity contribution in [2.75, 3.05) is 11.1 Å². The molecule has 0 saturated carbocycles. The maximum absolute atomic E-state index is 12.3. The quantitative estimate of drug-likeness (QED) is 0.598. The maximum atomic E-state index is 12.3. The van der Waals surface area contributed by atoms with Gasteiger partial charge in [0.1, 0.15) is 5.75 Å². The van der Waals surface area contributed by atoms with Crippen molar-refractivity contribution < 1.29 is 9.90 Å². The topological polar surface area (TPSA) is 80.0 Å². The minimum Gasteiger partial charge on any atom is -0.508 e. The molecule has 2 aromatic carbocycles. The third kappa shape index (κ3) is 4.43. The zero-order chi connectivity index (χ0) is 19.4. The second kappa shape index (κ2) is 8.45. The molecule has 0 saturated heterocycles. The Balaban J connectivity index is 1.70. The number of halogens is 1. The number of carbonyl (C=O) groups is 1. The van der Waals surface area contributed by atoms with Crippen LogP contribution in [0.4, 0.5) is 5.69 Å². The predicted octanol–water partition coefficient (Wildman–Crippen LogP) is 4.36. The van der Waals surface area contributed by atoms with Crippen molar-refractivity contribution in [3.63, 3.8) is 0 Å². The molecule has 27 heavy (non-hydrogen) atoms. The smallest absolute Gasteiger partial charge is 0.234 e. The summed E-state index contributed by atoms with van der Waals surface area (Å²) in [7, 11) is 0. The molecule has 2 N–H and O–H groups in total. The highest BCUT2D eigenvalue weighted by molar-refractivity contribution is 7.99. The first-order chi connectivity index (χ1) is 13.0. The lowest BCUT2D eigenvalue weighted by Crippen LogP contribution is -2.15. The first-order valence-electron chi connectivity index (χ1n) is 8.40. The van der Waals surface area contributed by atoms with E-state index in [1.54, 1.807) is 36.4 Å². The number of amides is 1. The zero-order valence-corrected chi connectivity index (χ0v) is 16.5. The first-order valence-corrected chi connectivity index (χ1v) is 9.76. The number of nitrogens with one attached hydrogen (secondary N) is 1. The monoisotopic (exact) mass is 402 g/mol. The van der Waals surface area contributed by atoms with Crippen molar-refractivity contribution in [2.24, 2.45) is 0 Å². The van der Waals surface area contributed by atoms with Gasteiger partial charge in [-0.05, 0) is 55.8 Å². The van der Waals surface area contributed by atoms with Crippen molar-refractivity contribution >= 4 is 35.0 Å². The maximum Gasteiger partial charge on any atom is 0.234 e. The summed E-state index contributed by atoms with van der Waals surface area (Å²) in [6, 6.07) is 12.2. The van der Waals surface area contributed by atoms with E-state index >= 15 is 0 Å². The van der Waals surface area contributed by atoms with Gasteiger partial charge in [-0.2, -0.15) is 0 Å². The molecule has 0 fully saturated rings. The van der Waals surface area contributed by atoms with Crippen molar-refractivity contribution in [2.45, 2.75) is 25.5 Å². The summed E-state index contributed by atoms with van der Waals surface area (Å²) in [5, 5.41) is 22.0. The number of aromatic hydroxyl groups is 1. The van der Waals surface area contributed by atoms with Crippen LogP contribution < -0.4 is 5.32 Å². The van der Waals surface area contributed by atoms with Crippen molar-refractivity contribution in [3.8, 4) is 17.1 Å². The Morgan fingerprint density at radius 2 is 1.96 bits per heavy atom. The van der Waals surface area contributed by atoms with E-state index in [4.69, 9.17) is 11.6 Å². The van der Waals surface area contributed by atoms with Gasteiger partial charge in [0.05, 0.1) is 5.75 Å². The largest absolute Gasteiger partial charge is 0.508 e. The molecule has 3 aromatic rings. The number of nitrogens with zero attached hydrogens (tertiary/aromatic N) is 3. The Morgan fingerprint density at radius 3 is 2.67 bits per heavy atom. The van der Waals surface area contributed by atoms with E-state index in [1.807, 2.05) is 24.5 Å². The van der Waals surface area contributed by atoms with E-state index in [9.17, 15) is 9.90 Å². The Hall–Kier alpha value is -2.51. The Labute approximate surface area is 166 Å². The number of phenols is 1. The molecule has 0 unspecified atom stereocenters. The molecule has 1 aromatic heterocycles. The van der Waals surface area contributed by atoms with Gasteiger partial charge in [0.2, 0.25) is 5.91 Å². The molecule has 0 bridgehead atoms. The lowest BCUT2D eigenvalue weighted by molar-refractivity contribution is -0.113. The van der Waals surface area contributed by atoms with Gasteiger partial charge in [0.15, 0.2) is 11.0 Å². The van der Waals surface area contributed by atoms with Gasteiger partial charge in [-0.15, -0.1) is 10.2 Å². The number of carbonyl (C=O) groups excluding carboxylic acids is 1. The summed E-state index contributed by atoms with van der Waals surface area (Å²) < 4.78 is 1.94. The molecule has 140 valence electrons. The van der Waals surface area contributed by atoms with E-state index in [0.717, 1.165) is 11.1 Å². The van der Waals surface area contributed by atoms with Crippen LogP contribution in [0.2, 0.25) is 5.02 Å². The fourth-order valence-electron chi connectivity index (χ4n) is 2.56. The highest BCUT2D eigenvalue weighted by Gasteiger charge is 2.15. The highest BCUT2D eigenvalue weighted by atomic mass is 35.5. The van der Waals surface area contributed by atoms with E-state index in [-0.39, 0.29) is 17.4 Å². The van der Waals surface area contributed by atoms with E-state index in [2.05, 4.69) is 15.5 Å². The van der Waals surface area contributed by atoms with Crippen molar-refractivity contribution in [1.82, 2.24) is 14.8 Å². The number of anilines is 1. The molecule has 3 rings (SSSR count). The van der Waals surface area contributed by atoms with Crippen LogP contribution in [0.3, 0.4) is 0 Å². The number of rotatable bonds is 6. The molecule has 0 aliphatic carbocycles. The molecule has 0 radical (unpaired) electrons. The third-order valence-electron chi connectivity index (χ3n) is 4.03. The van der Waals surface area contributed by atoms with Crippen LogP contribution in [0.15, 0.2) is 47.6 Å². The van der Waals surface area contributed by atoms with Crippen LogP contribution in [-0.4, -0.2) is 31.5 Å². The summed E-state index contributed by atoms with van der Waals surface area (Å²) in [5.41, 5.74) is 2.40. The number of benzene rings is 2. The molecular formula is C19H19ClN4O2S. The molecule has 6 nitrogen and oxygen atoms in total.